The van der Waals surface area contributed by atoms with Gasteiger partial charge in [-0.05, 0) is 89.3 Å². The van der Waals surface area contributed by atoms with Crippen LogP contribution in [0, 0.1) is 0 Å². The number of benzene rings is 7. The zero-order valence-electron chi connectivity index (χ0n) is 17.5. The topological polar surface area (TPSA) is 0 Å². The molecule has 0 heterocycles. The van der Waals surface area contributed by atoms with E-state index < -0.39 is 0 Å². The van der Waals surface area contributed by atoms with Crippen molar-refractivity contribution in [2.45, 2.75) is 0 Å². The summed E-state index contributed by atoms with van der Waals surface area (Å²) in [5, 5.41) is 12.9. The van der Waals surface area contributed by atoms with Crippen molar-refractivity contribution in [1.29, 1.82) is 0 Å². The molecule has 0 spiro atoms. The van der Waals surface area contributed by atoms with Gasteiger partial charge in [-0.1, -0.05) is 97.1 Å². The van der Waals surface area contributed by atoms with Crippen molar-refractivity contribution in [2.24, 2.45) is 0 Å². The predicted octanol–water partition coefficient (Wildman–Crippen LogP) is 9.12. The van der Waals surface area contributed by atoms with E-state index in [0.717, 1.165) is 0 Å². The van der Waals surface area contributed by atoms with Gasteiger partial charge in [-0.25, -0.2) is 0 Å². The summed E-state index contributed by atoms with van der Waals surface area (Å²) in [6.07, 6.45) is 0. The molecule has 0 amide bonds. The molecule has 0 aromatic heterocycles. The highest BCUT2D eigenvalue weighted by atomic mass is 14.2. The lowest BCUT2D eigenvalue weighted by molar-refractivity contribution is 1.71. The first kappa shape index (κ1) is 17.5. The molecule has 32 heavy (non-hydrogen) atoms. The maximum atomic E-state index is 2.37. The Balaban J connectivity index is 1.73. The van der Waals surface area contributed by atoms with E-state index in [9.17, 15) is 0 Å². The number of fused-ring (bicyclic) bond motifs is 6. The van der Waals surface area contributed by atoms with E-state index >= 15 is 0 Å². The summed E-state index contributed by atoms with van der Waals surface area (Å²) >= 11 is 0. The van der Waals surface area contributed by atoms with Crippen LogP contribution in [0.4, 0.5) is 0 Å². The molecule has 0 bridgehead atoms. The summed E-state index contributed by atoms with van der Waals surface area (Å²) in [6.45, 7) is 0. The molecule has 7 rings (SSSR count). The Labute approximate surface area is 186 Å². The zero-order chi connectivity index (χ0) is 21.1. The van der Waals surface area contributed by atoms with E-state index in [0.29, 0.717) is 0 Å². The Hall–Kier alpha value is -4.16. The molecule has 0 aliphatic rings. The second kappa shape index (κ2) is 6.67. The Morgan fingerprint density at radius 3 is 1.69 bits per heavy atom. The van der Waals surface area contributed by atoms with E-state index in [4.69, 9.17) is 0 Å². The van der Waals surface area contributed by atoms with Gasteiger partial charge >= 0.3 is 0 Å². The van der Waals surface area contributed by atoms with Crippen molar-refractivity contribution in [3.05, 3.63) is 121 Å². The number of hydrogen-bond acceptors (Lipinski definition) is 0. The second-order valence-electron chi connectivity index (χ2n) is 8.62. The Morgan fingerprint density at radius 1 is 0.312 bits per heavy atom. The molecular weight excluding hydrogens is 384 g/mol. The normalized spacial score (nSPS) is 11.8. The Bertz CT molecular complexity index is 1820. The average molecular weight is 405 g/mol. The smallest absolute Gasteiger partial charge is 0.00201 e. The molecule has 0 saturated carbocycles. The maximum absolute atomic E-state index is 2.37. The van der Waals surface area contributed by atoms with Crippen LogP contribution in [0.15, 0.2) is 121 Å². The van der Waals surface area contributed by atoms with Gasteiger partial charge < -0.3 is 0 Å². The Kier molecular flexibility index (Phi) is 3.65. The van der Waals surface area contributed by atoms with Crippen LogP contribution < -0.4 is 0 Å². The van der Waals surface area contributed by atoms with Gasteiger partial charge in [0.05, 0.1) is 0 Å². The lowest BCUT2D eigenvalue weighted by Gasteiger charge is -2.16. The highest BCUT2D eigenvalue weighted by Crippen LogP contribution is 2.42. The summed E-state index contributed by atoms with van der Waals surface area (Å²) in [4.78, 5) is 0. The molecule has 7 aromatic rings. The van der Waals surface area contributed by atoms with Crippen LogP contribution in [0.25, 0.3) is 65.0 Å². The van der Waals surface area contributed by atoms with Gasteiger partial charge in [-0.15, -0.1) is 0 Å². The Morgan fingerprint density at radius 2 is 0.875 bits per heavy atom. The van der Waals surface area contributed by atoms with E-state index in [1.165, 1.54) is 65.0 Å². The van der Waals surface area contributed by atoms with Crippen LogP contribution in [0.3, 0.4) is 0 Å². The van der Waals surface area contributed by atoms with Gasteiger partial charge in [-0.3, -0.25) is 0 Å². The van der Waals surface area contributed by atoms with Crippen molar-refractivity contribution >= 4 is 53.9 Å². The molecule has 0 aliphatic heterocycles. The van der Waals surface area contributed by atoms with Crippen LogP contribution >= 0.6 is 0 Å². The highest BCUT2D eigenvalue weighted by Gasteiger charge is 2.14. The first-order valence-electron chi connectivity index (χ1n) is 11.1. The minimum Gasteiger partial charge on any atom is -0.0616 e. The molecule has 0 nitrogen and oxygen atoms in total. The highest BCUT2D eigenvalue weighted by molar-refractivity contribution is 6.23. The van der Waals surface area contributed by atoms with Gasteiger partial charge in [0.2, 0.25) is 0 Å². The predicted molar refractivity (Wildman–Crippen MR) is 139 cm³/mol. The number of rotatable bonds is 1. The lowest BCUT2D eigenvalue weighted by Crippen LogP contribution is -1.88. The molecule has 0 radical (unpaired) electrons. The minimum atomic E-state index is 1.27. The summed E-state index contributed by atoms with van der Waals surface area (Å²) in [6, 6.07) is 44.5. The van der Waals surface area contributed by atoms with Gasteiger partial charge in [0.25, 0.3) is 0 Å². The largest absolute Gasteiger partial charge is 0.0616 e. The minimum absolute atomic E-state index is 1.27. The fourth-order valence-electron chi connectivity index (χ4n) is 5.23. The van der Waals surface area contributed by atoms with Crippen molar-refractivity contribution in [3.8, 4) is 11.1 Å². The summed E-state index contributed by atoms with van der Waals surface area (Å²) in [5.41, 5.74) is 2.59. The molecule has 0 atom stereocenters. The van der Waals surface area contributed by atoms with Crippen LogP contribution in [0.5, 0.6) is 0 Å². The van der Waals surface area contributed by atoms with Crippen LogP contribution in [-0.2, 0) is 0 Å². The third kappa shape index (κ3) is 2.57. The van der Waals surface area contributed by atoms with Crippen LogP contribution in [-0.4, -0.2) is 0 Å². The van der Waals surface area contributed by atoms with E-state index in [-0.39, 0.29) is 0 Å². The van der Waals surface area contributed by atoms with E-state index in [1.54, 1.807) is 0 Å². The summed E-state index contributed by atoms with van der Waals surface area (Å²) in [5.74, 6) is 0. The van der Waals surface area contributed by atoms with Crippen LogP contribution in [0.1, 0.15) is 0 Å². The second-order valence-corrected chi connectivity index (χ2v) is 8.62. The quantitative estimate of drug-likeness (QED) is 0.189. The van der Waals surface area contributed by atoms with Gasteiger partial charge in [-0.2, -0.15) is 0 Å². The fourth-order valence-corrected chi connectivity index (χ4v) is 5.23. The average Bonchev–Trinajstić information content (AvgIpc) is 2.85. The molecule has 148 valence electrons. The van der Waals surface area contributed by atoms with Crippen molar-refractivity contribution in [2.75, 3.05) is 0 Å². The first-order valence-corrected chi connectivity index (χ1v) is 11.1. The molecule has 0 aliphatic carbocycles. The molecule has 7 aromatic carbocycles. The van der Waals surface area contributed by atoms with Crippen molar-refractivity contribution in [3.63, 3.8) is 0 Å². The van der Waals surface area contributed by atoms with Crippen molar-refractivity contribution in [1.82, 2.24) is 0 Å². The first-order chi connectivity index (χ1) is 15.8. The lowest BCUT2D eigenvalue weighted by atomic mass is 9.87. The molecule has 0 unspecified atom stereocenters. The molecule has 0 saturated heterocycles. The fraction of sp³-hybridized carbons (Fsp3) is 0. The maximum Gasteiger partial charge on any atom is -0.00201 e. The van der Waals surface area contributed by atoms with E-state index in [2.05, 4.69) is 121 Å². The standard InChI is InChI=1S/C32H20/c1-2-9-23-17-26(15-13-21(23)7-1)32-30-20-25-11-4-3-10-24(25)18-28(30)19-27-16-14-22-8-5-6-12-29(22)31(27)32/h1-20H. The molecule has 0 fully saturated rings. The summed E-state index contributed by atoms with van der Waals surface area (Å²) < 4.78 is 0. The van der Waals surface area contributed by atoms with Crippen LogP contribution in [0.2, 0.25) is 0 Å². The number of hydrogen-bond donors (Lipinski definition) is 0. The SMILES string of the molecule is c1ccc2cc(-c3c4cc5ccccc5cc4cc4ccc5ccccc5c34)ccc2c1. The zero-order valence-corrected chi connectivity index (χ0v) is 17.5. The summed E-state index contributed by atoms with van der Waals surface area (Å²) in [7, 11) is 0. The van der Waals surface area contributed by atoms with Gasteiger partial charge in [0.15, 0.2) is 0 Å². The van der Waals surface area contributed by atoms with Gasteiger partial charge in [0.1, 0.15) is 0 Å². The molecule has 0 N–H and O–H groups in total. The third-order valence-electron chi connectivity index (χ3n) is 6.75. The van der Waals surface area contributed by atoms with Crippen molar-refractivity contribution < 1.29 is 0 Å². The molecular formula is C32H20. The van der Waals surface area contributed by atoms with E-state index in [1.807, 2.05) is 0 Å². The third-order valence-corrected chi connectivity index (χ3v) is 6.75. The monoisotopic (exact) mass is 404 g/mol. The molecule has 0 heteroatoms. The van der Waals surface area contributed by atoms with Gasteiger partial charge in [0, 0.05) is 0 Å².